The molecule has 66 valence electrons. The van der Waals surface area contributed by atoms with Gasteiger partial charge in [0.1, 0.15) is 5.88 Å². The SMILES string of the molecule is C=CC(=O)OC.O=C(O)CCl.[Zn]. The summed E-state index contributed by atoms with van der Waals surface area (Å²) in [6.07, 6.45) is 1.11. The molecule has 0 aliphatic rings. The van der Waals surface area contributed by atoms with Gasteiger partial charge >= 0.3 is 11.9 Å². The Bertz CT molecular complexity index is 148. The Kier molecular flexibility index (Phi) is 19.4. The summed E-state index contributed by atoms with van der Waals surface area (Å²) in [4.78, 5) is 19.1. The number of carboxylic acids is 1. The Morgan fingerprint density at radius 1 is 1.67 bits per heavy atom. The third-order valence-electron chi connectivity index (χ3n) is 0.482. The number of carboxylic acid groups (broad SMARTS) is 1. The number of carbonyl (C=O) groups excluding carboxylic acids is 1. The number of aliphatic carboxylic acids is 1. The molecule has 12 heavy (non-hydrogen) atoms. The number of esters is 1. The van der Waals surface area contributed by atoms with E-state index in [2.05, 4.69) is 11.3 Å². The van der Waals surface area contributed by atoms with Crippen molar-refractivity contribution in [2.24, 2.45) is 0 Å². The first-order chi connectivity index (χ1) is 5.08. The number of halogens is 1. The summed E-state index contributed by atoms with van der Waals surface area (Å²) < 4.78 is 4.14. The van der Waals surface area contributed by atoms with Gasteiger partial charge in [0, 0.05) is 25.6 Å². The van der Waals surface area contributed by atoms with E-state index >= 15 is 0 Å². The van der Waals surface area contributed by atoms with Gasteiger partial charge in [0.2, 0.25) is 0 Å². The molecule has 0 aromatic heterocycles. The molecule has 0 rings (SSSR count). The van der Waals surface area contributed by atoms with E-state index in [1.54, 1.807) is 0 Å². The molecule has 0 amide bonds. The minimum Gasteiger partial charge on any atom is -0.480 e. The zero-order valence-corrected chi connectivity index (χ0v) is 10.5. The molecule has 0 aliphatic carbocycles. The molecule has 0 radical (unpaired) electrons. The monoisotopic (exact) mass is 244 g/mol. The fourth-order valence-corrected chi connectivity index (χ4v) is 0.0833. The third-order valence-corrected chi connectivity index (χ3v) is 0.711. The van der Waals surface area contributed by atoms with Gasteiger partial charge in [0.25, 0.3) is 0 Å². The van der Waals surface area contributed by atoms with E-state index in [0.717, 1.165) is 6.08 Å². The Morgan fingerprint density at radius 2 is 2.00 bits per heavy atom. The molecule has 0 aromatic carbocycles. The quantitative estimate of drug-likeness (QED) is 0.336. The fraction of sp³-hybridized carbons (Fsp3) is 0.333. The van der Waals surface area contributed by atoms with Crippen LogP contribution in [0.1, 0.15) is 0 Å². The molecule has 0 saturated heterocycles. The Balaban J connectivity index is -0.000000126. The molecule has 0 aromatic rings. The Labute approximate surface area is 88.3 Å². The molecule has 1 N–H and O–H groups in total. The van der Waals surface area contributed by atoms with Gasteiger partial charge in [-0.25, -0.2) is 4.79 Å². The number of hydrogen-bond donors (Lipinski definition) is 1. The molecule has 4 nitrogen and oxygen atoms in total. The standard InChI is InChI=1S/C4H6O2.C2H3ClO2.Zn/c1-3-4(5)6-2;3-1-2(4)5;/h3H,1H2,2H3;1H2,(H,4,5);. The number of alkyl halides is 1. The predicted molar refractivity (Wildman–Crippen MR) is 40.6 cm³/mol. The van der Waals surface area contributed by atoms with Gasteiger partial charge in [-0.3, -0.25) is 4.79 Å². The maximum atomic E-state index is 9.84. The van der Waals surface area contributed by atoms with Crippen LogP contribution in [-0.4, -0.2) is 30.0 Å². The topological polar surface area (TPSA) is 63.6 Å². The van der Waals surface area contributed by atoms with Crippen molar-refractivity contribution in [1.82, 2.24) is 0 Å². The number of methoxy groups -OCH3 is 1. The summed E-state index contributed by atoms with van der Waals surface area (Å²) in [5.74, 6) is -1.68. The normalized spacial score (nSPS) is 6.50. The summed E-state index contributed by atoms with van der Waals surface area (Å²) >= 11 is 4.74. The van der Waals surface area contributed by atoms with Crippen molar-refractivity contribution >= 4 is 23.5 Å². The van der Waals surface area contributed by atoms with Gasteiger partial charge in [-0.05, 0) is 0 Å². The van der Waals surface area contributed by atoms with E-state index in [9.17, 15) is 9.59 Å². The zero-order chi connectivity index (χ0) is 9.28. The van der Waals surface area contributed by atoms with Crippen LogP contribution in [0.4, 0.5) is 0 Å². The van der Waals surface area contributed by atoms with Crippen LogP contribution in [0, 0.1) is 0 Å². The van der Waals surface area contributed by atoms with Crippen LogP contribution in [0.5, 0.6) is 0 Å². The molecule has 0 fully saturated rings. The van der Waals surface area contributed by atoms with Crippen LogP contribution in [0.3, 0.4) is 0 Å². The molecule has 0 bridgehead atoms. The maximum absolute atomic E-state index is 9.84. The predicted octanol–water partition coefficient (Wildman–Crippen LogP) is 0.653. The Hall–Kier alpha value is -0.407. The van der Waals surface area contributed by atoms with Gasteiger partial charge < -0.3 is 9.84 Å². The fourth-order valence-electron chi connectivity index (χ4n) is 0.0833. The number of carbonyl (C=O) groups is 2. The van der Waals surface area contributed by atoms with Gasteiger partial charge in [0.15, 0.2) is 0 Å². The van der Waals surface area contributed by atoms with Gasteiger partial charge in [0.05, 0.1) is 7.11 Å². The van der Waals surface area contributed by atoms with Crippen molar-refractivity contribution in [2.45, 2.75) is 0 Å². The molecule has 0 unspecified atom stereocenters. The van der Waals surface area contributed by atoms with Gasteiger partial charge in [-0.15, -0.1) is 11.6 Å². The molecular weight excluding hydrogens is 237 g/mol. The first-order valence-electron chi connectivity index (χ1n) is 2.56. The van der Waals surface area contributed by atoms with E-state index < -0.39 is 11.9 Å². The molecule has 0 saturated carbocycles. The van der Waals surface area contributed by atoms with Gasteiger partial charge in [-0.1, -0.05) is 6.58 Å². The van der Waals surface area contributed by atoms with Crippen molar-refractivity contribution in [1.29, 1.82) is 0 Å². The summed E-state index contributed by atoms with van der Waals surface area (Å²) in [7, 11) is 1.31. The molecule has 0 atom stereocenters. The third kappa shape index (κ3) is 22.6. The van der Waals surface area contributed by atoms with Crippen molar-refractivity contribution in [2.75, 3.05) is 13.0 Å². The molecule has 0 aliphatic heterocycles. The largest absolute Gasteiger partial charge is 0.480 e. The van der Waals surface area contributed by atoms with Crippen molar-refractivity contribution in [3.05, 3.63) is 12.7 Å². The van der Waals surface area contributed by atoms with E-state index in [4.69, 9.17) is 16.7 Å². The van der Waals surface area contributed by atoms with Crippen LogP contribution < -0.4 is 0 Å². The van der Waals surface area contributed by atoms with Crippen molar-refractivity contribution < 1.29 is 38.9 Å². The zero-order valence-electron chi connectivity index (χ0n) is 6.75. The average molecular weight is 246 g/mol. The molecular formula is C6H9ClO4Zn. The summed E-state index contributed by atoms with van der Waals surface area (Å²) in [6, 6.07) is 0. The molecule has 0 heterocycles. The number of rotatable bonds is 2. The van der Waals surface area contributed by atoms with Crippen LogP contribution in [-0.2, 0) is 33.8 Å². The van der Waals surface area contributed by atoms with E-state index in [1.165, 1.54) is 7.11 Å². The number of ether oxygens (including phenoxy) is 1. The first kappa shape index (κ1) is 17.6. The van der Waals surface area contributed by atoms with Crippen molar-refractivity contribution in [3.63, 3.8) is 0 Å². The maximum Gasteiger partial charge on any atom is 0.329 e. The van der Waals surface area contributed by atoms with E-state index in [0.29, 0.717) is 0 Å². The second kappa shape index (κ2) is 13.2. The first-order valence-corrected chi connectivity index (χ1v) is 3.10. The van der Waals surface area contributed by atoms with Crippen LogP contribution >= 0.6 is 11.6 Å². The Morgan fingerprint density at radius 3 is 2.00 bits per heavy atom. The smallest absolute Gasteiger partial charge is 0.329 e. The van der Waals surface area contributed by atoms with Crippen LogP contribution in [0.25, 0.3) is 0 Å². The van der Waals surface area contributed by atoms with E-state index in [-0.39, 0.29) is 25.4 Å². The average Bonchev–Trinajstić information content (AvgIpc) is 2.04. The molecule has 0 spiro atoms. The van der Waals surface area contributed by atoms with Crippen LogP contribution in [0.2, 0.25) is 0 Å². The summed E-state index contributed by atoms with van der Waals surface area (Å²) in [5.41, 5.74) is 0. The second-order valence-corrected chi connectivity index (χ2v) is 1.52. The summed E-state index contributed by atoms with van der Waals surface area (Å²) in [5, 5.41) is 7.59. The van der Waals surface area contributed by atoms with Crippen LogP contribution in [0.15, 0.2) is 12.7 Å². The second-order valence-electron chi connectivity index (χ2n) is 1.25. The minimum atomic E-state index is -0.980. The molecule has 6 heteroatoms. The number of hydrogen-bond acceptors (Lipinski definition) is 3. The van der Waals surface area contributed by atoms with Crippen molar-refractivity contribution in [3.8, 4) is 0 Å². The summed E-state index contributed by atoms with van der Waals surface area (Å²) in [6.45, 7) is 3.16. The van der Waals surface area contributed by atoms with E-state index in [1.807, 2.05) is 0 Å². The van der Waals surface area contributed by atoms with Gasteiger partial charge in [-0.2, -0.15) is 0 Å². The minimum absolute atomic E-state index is 0.